The van der Waals surface area contributed by atoms with Crippen LogP contribution < -0.4 is 21.6 Å². The second-order valence-corrected chi connectivity index (χ2v) is 8.17. The lowest BCUT2D eigenvalue weighted by atomic mass is 9.93. The lowest BCUT2D eigenvalue weighted by molar-refractivity contribution is -0.380. The summed E-state index contributed by atoms with van der Waals surface area (Å²) in [6.07, 6.45) is 8.02. The number of carbonyl (C=O) groups is 1. The molecule has 34 heavy (non-hydrogen) atoms. The number of nitrogens with two attached hydrogens (primary N) is 1. The molecule has 0 bridgehead atoms. The number of amides is 1. The number of hydrogen-bond acceptors (Lipinski definition) is 6. The number of nitrogens with zero attached hydrogens (tertiary/aromatic N) is 3. The van der Waals surface area contributed by atoms with Crippen molar-refractivity contribution in [3.8, 4) is 0 Å². The number of methoxy groups -OCH3 is 1. The molecule has 0 unspecified atom stereocenters. The maximum absolute atomic E-state index is 12.9. The van der Waals surface area contributed by atoms with E-state index in [-0.39, 0.29) is 35.1 Å². The Morgan fingerprint density at radius 2 is 2.18 bits per heavy atom. The molecule has 11 nitrogen and oxygen atoms in total. The fourth-order valence-electron chi connectivity index (χ4n) is 4.00. The average Bonchev–Trinajstić information content (AvgIpc) is 3.33. The number of ether oxygens (including phenoxy) is 2. The minimum atomic E-state index is -0.380. The van der Waals surface area contributed by atoms with Crippen molar-refractivity contribution in [1.29, 1.82) is 0 Å². The first-order valence-electron chi connectivity index (χ1n) is 11.3. The number of pyridine rings is 1. The van der Waals surface area contributed by atoms with E-state index in [2.05, 4.69) is 25.3 Å². The summed E-state index contributed by atoms with van der Waals surface area (Å²) in [4.78, 5) is 39.9. The third kappa shape index (κ3) is 5.15. The molecule has 180 valence electrons. The predicted molar refractivity (Wildman–Crippen MR) is 127 cm³/mol. The monoisotopic (exact) mass is 468 g/mol. The zero-order valence-electron chi connectivity index (χ0n) is 19.3. The lowest BCUT2D eigenvalue weighted by Crippen LogP contribution is -2.34. The minimum absolute atomic E-state index is 0.0832. The summed E-state index contributed by atoms with van der Waals surface area (Å²) in [6.45, 7) is 1.27. The molecule has 1 atom stereocenters. The molecule has 11 heteroatoms. The van der Waals surface area contributed by atoms with Crippen molar-refractivity contribution >= 4 is 28.8 Å². The predicted octanol–water partition coefficient (Wildman–Crippen LogP) is 0.981. The fourth-order valence-corrected chi connectivity index (χ4v) is 4.00. The third-order valence-corrected chi connectivity index (χ3v) is 6.03. The van der Waals surface area contributed by atoms with E-state index < -0.39 is 0 Å². The van der Waals surface area contributed by atoms with E-state index in [1.165, 1.54) is 0 Å². The summed E-state index contributed by atoms with van der Waals surface area (Å²) in [7, 11) is 3.32. The molecule has 2 fully saturated rings. The van der Waals surface area contributed by atoms with Gasteiger partial charge in [0, 0.05) is 45.7 Å². The van der Waals surface area contributed by atoms with Crippen molar-refractivity contribution < 1.29 is 19.3 Å². The second-order valence-electron chi connectivity index (χ2n) is 8.17. The van der Waals surface area contributed by atoms with E-state index in [1.807, 2.05) is 0 Å². The number of aromatic nitrogens is 3. The molecule has 0 radical (unpaired) electrons. The molecule has 2 aromatic heterocycles. The van der Waals surface area contributed by atoms with Crippen LogP contribution in [0.3, 0.4) is 0 Å². The number of H-pyrrole nitrogens is 2. The summed E-state index contributed by atoms with van der Waals surface area (Å²) >= 11 is 0. The quantitative estimate of drug-likeness (QED) is 0.407. The number of hydrogen-bond donors (Lipinski definition) is 3. The molecule has 0 aromatic carbocycles. The molecule has 1 aliphatic heterocycles. The largest absolute Gasteiger partial charge is 0.384 e. The molecule has 2 aromatic rings. The number of nitrogens with one attached hydrogen (secondary N) is 3. The Kier molecular flexibility index (Phi) is 7.33. The first-order valence-corrected chi connectivity index (χ1v) is 11.3. The van der Waals surface area contributed by atoms with Crippen LogP contribution in [0.15, 0.2) is 45.4 Å². The number of aromatic amines is 2. The first kappa shape index (κ1) is 23.6. The maximum Gasteiger partial charge on any atom is 0.320 e. The third-order valence-electron chi connectivity index (χ3n) is 6.03. The molecule has 0 spiro atoms. The van der Waals surface area contributed by atoms with Crippen LogP contribution >= 0.6 is 0 Å². The van der Waals surface area contributed by atoms with Crippen molar-refractivity contribution in [2.24, 2.45) is 15.7 Å². The van der Waals surface area contributed by atoms with Gasteiger partial charge in [0.15, 0.2) is 0 Å². The molecule has 1 saturated heterocycles. The number of carbonyl (C=O) groups excluding carboxylic acids is 1. The van der Waals surface area contributed by atoms with E-state index in [9.17, 15) is 9.59 Å². The Morgan fingerprint density at radius 1 is 1.38 bits per heavy atom. The lowest BCUT2D eigenvalue weighted by Gasteiger charge is -2.25. The standard InChI is InChI=1S/C23H29N7O4/c1-25-17(21-26-13-18(28-21)22(31)29-15-5-6-19(15)33-2)12-20(24)27-16-4-3-9-30(23(16)32)14-7-10-34-11-8-14/h3-4,9,12-14,19,25H,5-8,10-11H2,1-2H3,(H2,24,27)(H,26,28)/p+1/b17-12+,29-15?/t19-/m1/s1. The van der Waals surface area contributed by atoms with Gasteiger partial charge in [0.1, 0.15) is 23.4 Å². The summed E-state index contributed by atoms with van der Waals surface area (Å²) in [5, 5.41) is 3.02. The van der Waals surface area contributed by atoms with Crippen LogP contribution in [0.2, 0.25) is 0 Å². The highest BCUT2D eigenvalue weighted by Gasteiger charge is 2.28. The maximum atomic E-state index is 12.9. The van der Waals surface area contributed by atoms with Gasteiger partial charge in [0.2, 0.25) is 5.69 Å². The van der Waals surface area contributed by atoms with Crippen molar-refractivity contribution in [3.63, 3.8) is 0 Å². The summed E-state index contributed by atoms with van der Waals surface area (Å²) in [5.41, 5.74) is 7.82. The molecule has 3 heterocycles. The van der Waals surface area contributed by atoms with Gasteiger partial charge in [-0.3, -0.25) is 9.59 Å². The van der Waals surface area contributed by atoms with Gasteiger partial charge in [-0.15, -0.1) is 0 Å². The van der Waals surface area contributed by atoms with Crippen LogP contribution in [0.5, 0.6) is 0 Å². The van der Waals surface area contributed by atoms with Crippen molar-refractivity contribution in [1.82, 2.24) is 14.9 Å². The molecule has 4 rings (SSSR count). The Balaban J connectivity index is 1.53. The molecule has 1 aliphatic carbocycles. The van der Waals surface area contributed by atoms with Crippen LogP contribution in [0.1, 0.15) is 48.0 Å². The Morgan fingerprint density at radius 3 is 2.85 bits per heavy atom. The number of aliphatic imine (C=N–C) groups is 2. The van der Waals surface area contributed by atoms with Crippen molar-refractivity contribution in [2.45, 2.75) is 37.8 Å². The van der Waals surface area contributed by atoms with Crippen LogP contribution in [0, 0.1) is 0 Å². The molecular weight excluding hydrogens is 438 g/mol. The molecule has 1 amide bonds. The van der Waals surface area contributed by atoms with Gasteiger partial charge in [-0.05, 0) is 37.8 Å². The van der Waals surface area contributed by atoms with E-state index in [1.54, 1.807) is 49.3 Å². The zero-order chi connectivity index (χ0) is 24.1. The van der Waals surface area contributed by atoms with Gasteiger partial charge < -0.3 is 25.1 Å². The van der Waals surface area contributed by atoms with E-state index >= 15 is 0 Å². The van der Waals surface area contributed by atoms with Gasteiger partial charge in [-0.2, -0.15) is 0 Å². The summed E-state index contributed by atoms with van der Waals surface area (Å²) in [5.74, 6) is 0.280. The van der Waals surface area contributed by atoms with Gasteiger partial charge in [0.25, 0.3) is 5.56 Å². The fraction of sp³-hybridized carbons (Fsp3) is 0.435. The van der Waals surface area contributed by atoms with Crippen LogP contribution in [-0.2, 0) is 9.47 Å². The Bertz CT molecular complexity index is 1190. The molecule has 1 saturated carbocycles. The molecule has 2 aliphatic rings. The summed E-state index contributed by atoms with van der Waals surface area (Å²) in [6, 6.07) is 3.52. The van der Waals surface area contributed by atoms with Gasteiger partial charge in [-0.25, -0.2) is 20.0 Å². The van der Waals surface area contributed by atoms with Crippen molar-refractivity contribution in [3.05, 3.63) is 52.5 Å². The topological polar surface area (TPSA) is 150 Å². The highest BCUT2D eigenvalue weighted by molar-refractivity contribution is 6.06. The minimum Gasteiger partial charge on any atom is -0.384 e. The number of rotatable bonds is 7. The average molecular weight is 469 g/mol. The summed E-state index contributed by atoms with van der Waals surface area (Å²) < 4.78 is 12.4. The van der Waals surface area contributed by atoms with Crippen molar-refractivity contribution in [2.75, 3.05) is 27.4 Å². The smallest absolute Gasteiger partial charge is 0.320 e. The number of imidazole rings is 1. The van der Waals surface area contributed by atoms with Crippen LogP contribution in [0.25, 0.3) is 5.70 Å². The normalized spacial score (nSPS) is 20.9. The first-order chi connectivity index (χ1) is 16.5. The highest BCUT2D eigenvalue weighted by atomic mass is 16.5. The highest BCUT2D eigenvalue weighted by Crippen LogP contribution is 2.21. The second kappa shape index (κ2) is 10.6. The van der Waals surface area contributed by atoms with Gasteiger partial charge in [0.05, 0.1) is 11.8 Å². The van der Waals surface area contributed by atoms with E-state index in [0.29, 0.717) is 30.4 Å². The van der Waals surface area contributed by atoms with E-state index in [0.717, 1.165) is 31.4 Å². The van der Waals surface area contributed by atoms with E-state index in [4.69, 9.17) is 15.2 Å². The SMILES string of the molecule is CN/C(=C/C(N)=Nc1cccn(C2CCOCC2)c1=O)c1[nH]c(C(=O)N=C2CC[C@H]2OC)c[nH+]1. The number of amidine groups is 1. The zero-order valence-corrected chi connectivity index (χ0v) is 19.3. The molecular formula is C23H30N7O4+. The molecule has 5 N–H and O–H groups in total. The van der Waals surface area contributed by atoms with Crippen LogP contribution in [-0.4, -0.2) is 60.5 Å². The van der Waals surface area contributed by atoms with Gasteiger partial charge >= 0.3 is 11.7 Å². The van der Waals surface area contributed by atoms with Gasteiger partial charge in [-0.1, -0.05) is 0 Å². The Labute approximate surface area is 196 Å². The Hall–Kier alpha value is -3.57. The van der Waals surface area contributed by atoms with Crippen LogP contribution in [0.4, 0.5) is 5.69 Å².